The van der Waals surface area contributed by atoms with Crippen LogP contribution in [0, 0.1) is 12.8 Å². The van der Waals surface area contributed by atoms with E-state index in [4.69, 9.17) is 9.47 Å². The lowest BCUT2D eigenvalue weighted by Gasteiger charge is -2.43. The van der Waals surface area contributed by atoms with Gasteiger partial charge in [0.05, 0.1) is 23.7 Å². The Balaban J connectivity index is 1.15. The first-order valence-corrected chi connectivity index (χ1v) is 20.4. The zero-order valence-corrected chi connectivity index (χ0v) is 31.6. The van der Waals surface area contributed by atoms with Crippen molar-refractivity contribution >= 4 is 15.9 Å². The van der Waals surface area contributed by atoms with E-state index in [-0.39, 0.29) is 42.6 Å². The number of ether oxygens (including phenoxy) is 2. The predicted octanol–water partition coefficient (Wildman–Crippen LogP) is 6.75. The van der Waals surface area contributed by atoms with Crippen LogP contribution in [0.3, 0.4) is 0 Å². The van der Waals surface area contributed by atoms with Crippen molar-refractivity contribution in [3.8, 4) is 0 Å². The number of aliphatic hydroxyl groups excluding tert-OH is 1. The summed E-state index contributed by atoms with van der Waals surface area (Å²) in [4.78, 5) is 16.2. The molecule has 0 aromatic heterocycles. The summed E-state index contributed by atoms with van der Waals surface area (Å²) in [6.45, 7) is 7.30. The Kier molecular flexibility index (Phi) is 13.5. The van der Waals surface area contributed by atoms with Crippen LogP contribution in [0.2, 0.25) is 0 Å². The summed E-state index contributed by atoms with van der Waals surface area (Å²) in [5, 5.41) is 12.6. The topological polar surface area (TPSA) is 117 Å². The average molecular weight is 740 g/mol. The number of hydrogen-bond donors (Lipinski definition) is 3. The molecule has 5 atom stereocenters. The van der Waals surface area contributed by atoms with Gasteiger partial charge in [-0.15, -0.1) is 0 Å². The van der Waals surface area contributed by atoms with Crippen molar-refractivity contribution in [2.75, 3.05) is 19.6 Å². The molecular weight excluding hydrogens is 687 g/mol. The second-order valence-electron chi connectivity index (χ2n) is 14.5. The smallest absolute Gasteiger partial charge is 0.241 e. The standard InChI is InChI=1S/C43H53N3O6S/c1-31-13-23-38(24-14-31)53(49,50)45-39(27-33-11-7-6-8-12-33)42(48)44-28-34-15-21-37(22-16-34)43-51-40(29-46-25-9-4-3-5-10-26-46)32(2)41(52-43)36-19-17-35(30-47)18-20-36/h6-8,11-24,32,39-41,43,45,47H,3-5,9-10,25-30H2,1-2H3,(H,44,48). The van der Waals surface area contributed by atoms with E-state index in [1.807, 2.05) is 85.8 Å². The van der Waals surface area contributed by atoms with Gasteiger partial charge in [-0.1, -0.05) is 123 Å². The normalized spacial score (nSPS) is 22.0. The van der Waals surface area contributed by atoms with Crippen LogP contribution in [0.1, 0.15) is 84.8 Å². The fraction of sp³-hybridized carbons (Fsp3) is 0.419. The van der Waals surface area contributed by atoms with Gasteiger partial charge in [-0.25, -0.2) is 8.42 Å². The molecule has 2 aliphatic heterocycles. The van der Waals surface area contributed by atoms with Crippen LogP contribution in [-0.2, 0) is 43.9 Å². The highest BCUT2D eigenvalue weighted by Crippen LogP contribution is 2.42. The number of nitrogens with one attached hydrogen (secondary N) is 2. The second kappa shape index (κ2) is 18.4. The largest absolute Gasteiger partial charge is 0.392 e. The third kappa shape index (κ3) is 10.6. The maximum absolute atomic E-state index is 13.6. The Morgan fingerprint density at radius 2 is 1.42 bits per heavy atom. The van der Waals surface area contributed by atoms with Crippen LogP contribution in [0.25, 0.3) is 0 Å². The number of nitrogens with zero attached hydrogens (tertiary/aromatic N) is 1. The molecule has 0 aliphatic carbocycles. The van der Waals surface area contributed by atoms with Gasteiger partial charge < -0.3 is 24.8 Å². The van der Waals surface area contributed by atoms with Gasteiger partial charge in [-0.05, 0) is 73.7 Å². The molecule has 2 fully saturated rings. The first-order chi connectivity index (χ1) is 25.7. The molecule has 0 bridgehead atoms. The summed E-state index contributed by atoms with van der Waals surface area (Å²) in [5.41, 5.74) is 5.45. The molecule has 5 unspecified atom stereocenters. The van der Waals surface area contributed by atoms with Crippen molar-refractivity contribution in [1.82, 2.24) is 14.9 Å². The molecule has 0 radical (unpaired) electrons. The third-order valence-corrected chi connectivity index (χ3v) is 11.9. The number of amides is 1. The molecule has 6 rings (SSSR count). The maximum Gasteiger partial charge on any atom is 0.241 e. The van der Waals surface area contributed by atoms with E-state index >= 15 is 0 Å². The maximum atomic E-state index is 13.6. The van der Waals surface area contributed by atoms with Gasteiger partial charge in [-0.2, -0.15) is 4.72 Å². The number of likely N-dealkylation sites (tertiary alicyclic amines) is 1. The molecule has 0 spiro atoms. The summed E-state index contributed by atoms with van der Waals surface area (Å²) in [7, 11) is -3.95. The molecule has 282 valence electrons. The molecule has 0 saturated carbocycles. The molecule has 9 nitrogen and oxygen atoms in total. The van der Waals surface area contributed by atoms with Crippen molar-refractivity contribution in [3.05, 3.63) is 137 Å². The van der Waals surface area contributed by atoms with Gasteiger partial charge >= 0.3 is 0 Å². The second-order valence-corrected chi connectivity index (χ2v) is 16.2. The van der Waals surface area contributed by atoms with E-state index in [1.54, 1.807) is 24.3 Å². The van der Waals surface area contributed by atoms with Gasteiger partial charge in [0, 0.05) is 24.6 Å². The zero-order chi connectivity index (χ0) is 37.2. The minimum Gasteiger partial charge on any atom is -0.392 e. The fourth-order valence-corrected chi connectivity index (χ4v) is 8.39. The zero-order valence-electron chi connectivity index (χ0n) is 30.8. The minimum atomic E-state index is -3.95. The van der Waals surface area contributed by atoms with Crippen molar-refractivity contribution < 1.29 is 27.8 Å². The van der Waals surface area contributed by atoms with E-state index < -0.39 is 28.3 Å². The summed E-state index contributed by atoms with van der Waals surface area (Å²) < 4.78 is 42.7. The number of sulfonamides is 1. The Hall–Kier alpha value is -3.90. The van der Waals surface area contributed by atoms with E-state index in [0.29, 0.717) is 0 Å². The highest BCUT2D eigenvalue weighted by molar-refractivity contribution is 7.89. The number of hydrogen-bond acceptors (Lipinski definition) is 7. The minimum absolute atomic E-state index is 0.00575. The monoisotopic (exact) mass is 739 g/mol. The number of benzene rings is 4. The Bertz CT molecular complexity index is 1850. The third-order valence-electron chi connectivity index (χ3n) is 10.5. The molecule has 10 heteroatoms. The number of aliphatic hydroxyl groups is 1. The quantitative estimate of drug-likeness (QED) is 0.139. The number of carbonyl (C=O) groups is 1. The average Bonchev–Trinajstić information content (AvgIpc) is 3.16. The molecule has 4 aromatic carbocycles. The lowest BCUT2D eigenvalue weighted by Crippen LogP contribution is -2.47. The van der Waals surface area contributed by atoms with E-state index in [2.05, 4.69) is 21.9 Å². The van der Waals surface area contributed by atoms with E-state index in [1.165, 1.54) is 32.1 Å². The van der Waals surface area contributed by atoms with Gasteiger partial charge in [-0.3, -0.25) is 4.79 Å². The molecule has 3 N–H and O–H groups in total. The van der Waals surface area contributed by atoms with Crippen molar-refractivity contribution in [1.29, 1.82) is 0 Å². The summed E-state index contributed by atoms with van der Waals surface area (Å²) >= 11 is 0. The van der Waals surface area contributed by atoms with Gasteiger partial charge in [0.1, 0.15) is 6.04 Å². The van der Waals surface area contributed by atoms with Crippen LogP contribution in [0.15, 0.2) is 108 Å². The first kappa shape index (κ1) is 38.8. The SMILES string of the molecule is Cc1ccc(S(=O)(=O)NC(Cc2ccccc2)C(=O)NCc2ccc(C3OC(CN4CCCCCCC4)C(C)C(c4ccc(CO)cc4)O3)cc2)cc1. The summed E-state index contributed by atoms with van der Waals surface area (Å²) in [6.07, 6.45) is 5.65. The van der Waals surface area contributed by atoms with Gasteiger partial charge in [0.25, 0.3) is 0 Å². The van der Waals surface area contributed by atoms with Crippen LogP contribution < -0.4 is 10.0 Å². The first-order valence-electron chi connectivity index (χ1n) is 18.9. The van der Waals surface area contributed by atoms with E-state index in [0.717, 1.165) is 53.0 Å². The van der Waals surface area contributed by atoms with Crippen LogP contribution in [-0.4, -0.2) is 56.1 Å². The highest BCUT2D eigenvalue weighted by atomic mass is 32.2. The molecule has 1 amide bonds. The summed E-state index contributed by atoms with van der Waals surface area (Å²) in [5.74, 6) is -0.304. The lowest BCUT2D eigenvalue weighted by molar-refractivity contribution is -0.276. The van der Waals surface area contributed by atoms with Gasteiger partial charge in [0.15, 0.2) is 6.29 Å². The Morgan fingerprint density at radius 3 is 2.08 bits per heavy atom. The van der Waals surface area contributed by atoms with Gasteiger partial charge in [0.2, 0.25) is 15.9 Å². The number of aryl methyl sites for hydroxylation is 1. The molecule has 4 aromatic rings. The molecular formula is C43H53N3O6S. The highest BCUT2D eigenvalue weighted by Gasteiger charge is 2.39. The molecule has 2 saturated heterocycles. The lowest BCUT2D eigenvalue weighted by atomic mass is 9.89. The molecule has 53 heavy (non-hydrogen) atoms. The Morgan fingerprint density at radius 1 is 0.792 bits per heavy atom. The fourth-order valence-electron chi connectivity index (χ4n) is 7.19. The van der Waals surface area contributed by atoms with Crippen molar-refractivity contribution in [2.45, 2.75) is 95.0 Å². The summed E-state index contributed by atoms with van der Waals surface area (Å²) in [6, 6.07) is 30.8. The Labute approximate surface area is 314 Å². The van der Waals surface area contributed by atoms with Crippen LogP contribution >= 0.6 is 0 Å². The number of carbonyl (C=O) groups excluding carboxylic acids is 1. The van der Waals surface area contributed by atoms with Crippen molar-refractivity contribution in [2.24, 2.45) is 5.92 Å². The molecule has 2 heterocycles. The van der Waals surface area contributed by atoms with Crippen LogP contribution in [0.5, 0.6) is 0 Å². The van der Waals surface area contributed by atoms with E-state index in [9.17, 15) is 18.3 Å². The van der Waals surface area contributed by atoms with Crippen LogP contribution in [0.4, 0.5) is 0 Å². The predicted molar refractivity (Wildman–Crippen MR) is 206 cm³/mol. The molecule has 2 aliphatic rings. The number of rotatable bonds is 13. The van der Waals surface area contributed by atoms with Crippen molar-refractivity contribution in [3.63, 3.8) is 0 Å².